The molecule has 0 aliphatic rings. The summed E-state index contributed by atoms with van der Waals surface area (Å²) in [5, 5.41) is 14.5. The average Bonchev–Trinajstić information content (AvgIpc) is 2.36. The number of carbonyl (C=O) groups excluding carboxylic acids is 1. The lowest BCUT2D eigenvalue weighted by molar-refractivity contribution is 0.183. The van der Waals surface area contributed by atoms with E-state index in [4.69, 9.17) is 5.11 Å². The van der Waals surface area contributed by atoms with Crippen molar-refractivity contribution in [3.8, 4) is 0 Å². The first kappa shape index (κ1) is 15.3. The smallest absolute Gasteiger partial charge is 0.315 e. The van der Waals surface area contributed by atoms with Crippen LogP contribution in [0.1, 0.15) is 18.9 Å². The van der Waals surface area contributed by atoms with Crippen LogP contribution in [0.25, 0.3) is 0 Å². The van der Waals surface area contributed by atoms with Gasteiger partial charge in [0.25, 0.3) is 0 Å². The van der Waals surface area contributed by atoms with E-state index in [1.807, 2.05) is 43.3 Å². The number of hydrogen-bond acceptors (Lipinski definition) is 3. The molecule has 2 amide bonds. The lowest BCUT2D eigenvalue weighted by atomic mass is 10.2. The van der Waals surface area contributed by atoms with Crippen LogP contribution in [0, 0.1) is 0 Å². The molecule has 0 saturated carbocycles. The third-order valence-corrected chi connectivity index (χ3v) is 2.75. The molecule has 1 unspecified atom stereocenters. The number of nitrogens with one attached hydrogen (secondary N) is 2. The number of aliphatic hydroxyl groups is 1. The van der Waals surface area contributed by atoms with Gasteiger partial charge in [-0.1, -0.05) is 12.1 Å². The highest BCUT2D eigenvalue weighted by molar-refractivity contribution is 5.73. The van der Waals surface area contributed by atoms with Gasteiger partial charge in [-0.3, -0.25) is 0 Å². The molecule has 1 rings (SSSR count). The fraction of sp³-hybridized carbons (Fsp3) is 0.500. The van der Waals surface area contributed by atoms with Crippen molar-refractivity contribution in [1.29, 1.82) is 0 Å². The number of nitrogens with zero attached hydrogens (tertiary/aromatic N) is 1. The highest BCUT2D eigenvalue weighted by Gasteiger charge is 2.02. The molecule has 0 aliphatic heterocycles. The molecule has 5 heteroatoms. The van der Waals surface area contributed by atoms with Crippen molar-refractivity contribution in [3.05, 3.63) is 29.8 Å². The summed E-state index contributed by atoms with van der Waals surface area (Å²) in [6, 6.07) is 7.80. The Morgan fingerprint density at radius 1 is 1.26 bits per heavy atom. The number of aliphatic hydroxyl groups excluding tert-OH is 1. The minimum Gasteiger partial charge on any atom is -0.393 e. The van der Waals surface area contributed by atoms with E-state index in [0.717, 1.165) is 11.3 Å². The van der Waals surface area contributed by atoms with Crippen molar-refractivity contribution in [3.63, 3.8) is 0 Å². The van der Waals surface area contributed by atoms with Gasteiger partial charge >= 0.3 is 6.03 Å². The summed E-state index contributed by atoms with van der Waals surface area (Å²) in [5.41, 5.74) is 2.18. The Labute approximate surface area is 114 Å². The number of benzene rings is 1. The van der Waals surface area contributed by atoms with Gasteiger partial charge in [0.05, 0.1) is 6.10 Å². The van der Waals surface area contributed by atoms with Crippen molar-refractivity contribution < 1.29 is 9.90 Å². The highest BCUT2D eigenvalue weighted by Crippen LogP contribution is 2.11. The van der Waals surface area contributed by atoms with Crippen molar-refractivity contribution >= 4 is 11.7 Å². The minimum absolute atomic E-state index is 0.211. The molecule has 0 aliphatic carbocycles. The number of carbonyl (C=O) groups is 1. The molecule has 1 aromatic rings. The SMILES string of the molecule is CC(O)CCNC(=O)NCc1ccc(N(C)C)cc1. The summed E-state index contributed by atoms with van der Waals surface area (Å²) < 4.78 is 0. The van der Waals surface area contributed by atoms with E-state index in [1.54, 1.807) is 6.92 Å². The number of rotatable bonds is 6. The molecule has 0 fully saturated rings. The zero-order valence-electron chi connectivity index (χ0n) is 11.8. The molecule has 3 N–H and O–H groups in total. The van der Waals surface area contributed by atoms with Crippen LogP contribution in [0.15, 0.2) is 24.3 Å². The molecule has 1 atom stereocenters. The van der Waals surface area contributed by atoms with Crippen LogP contribution in [0.3, 0.4) is 0 Å². The van der Waals surface area contributed by atoms with E-state index in [1.165, 1.54) is 0 Å². The van der Waals surface area contributed by atoms with Crippen LogP contribution >= 0.6 is 0 Å². The molecule has 0 heterocycles. The van der Waals surface area contributed by atoms with Gasteiger partial charge < -0.3 is 20.6 Å². The minimum atomic E-state index is -0.390. The maximum atomic E-state index is 11.5. The largest absolute Gasteiger partial charge is 0.393 e. The Kier molecular flexibility index (Phi) is 6.15. The van der Waals surface area contributed by atoms with E-state index in [9.17, 15) is 4.79 Å². The predicted octanol–water partition coefficient (Wildman–Crippen LogP) is 1.32. The number of amides is 2. The Morgan fingerprint density at radius 2 is 1.89 bits per heavy atom. The second-order valence-corrected chi connectivity index (χ2v) is 4.81. The first-order chi connectivity index (χ1) is 8.99. The van der Waals surface area contributed by atoms with Gasteiger partial charge in [0.15, 0.2) is 0 Å². The predicted molar refractivity (Wildman–Crippen MR) is 77.3 cm³/mol. The van der Waals surface area contributed by atoms with Gasteiger partial charge in [-0.25, -0.2) is 4.79 Å². The first-order valence-electron chi connectivity index (χ1n) is 6.45. The number of hydrogen-bond donors (Lipinski definition) is 3. The Bertz CT molecular complexity index is 388. The molecule has 19 heavy (non-hydrogen) atoms. The van der Waals surface area contributed by atoms with Crippen LogP contribution in [0.5, 0.6) is 0 Å². The summed E-state index contributed by atoms with van der Waals surface area (Å²) in [5.74, 6) is 0. The van der Waals surface area contributed by atoms with Gasteiger partial charge in [0.1, 0.15) is 0 Å². The topological polar surface area (TPSA) is 64.6 Å². The Balaban J connectivity index is 2.30. The quantitative estimate of drug-likeness (QED) is 0.727. The van der Waals surface area contributed by atoms with Gasteiger partial charge in [-0.15, -0.1) is 0 Å². The molecule has 0 bridgehead atoms. The number of urea groups is 1. The van der Waals surface area contributed by atoms with Crippen molar-refractivity contribution in [2.75, 3.05) is 25.5 Å². The molecular formula is C14H23N3O2. The van der Waals surface area contributed by atoms with Gasteiger partial charge in [0.2, 0.25) is 0 Å². The van der Waals surface area contributed by atoms with Crippen molar-refractivity contribution in [2.45, 2.75) is 26.0 Å². The molecule has 0 radical (unpaired) electrons. The summed E-state index contributed by atoms with van der Waals surface area (Å²) in [7, 11) is 3.98. The average molecular weight is 265 g/mol. The van der Waals surface area contributed by atoms with Crippen molar-refractivity contribution in [2.24, 2.45) is 0 Å². The monoisotopic (exact) mass is 265 g/mol. The van der Waals surface area contributed by atoms with Crippen LogP contribution < -0.4 is 15.5 Å². The standard InChI is InChI=1S/C14H23N3O2/c1-11(18)8-9-15-14(19)16-10-12-4-6-13(7-5-12)17(2)3/h4-7,11,18H,8-10H2,1-3H3,(H2,15,16,19). The summed E-state index contributed by atoms with van der Waals surface area (Å²) in [6.45, 7) is 2.67. The third-order valence-electron chi connectivity index (χ3n) is 2.75. The van der Waals surface area contributed by atoms with Crippen LogP contribution in [-0.2, 0) is 6.54 Å². The van der Waals surface area contributed by atoms with Crippen LogP contribution in [0.4, 0.5) is 10.5 Å². The molecule has 106 valence electrons. The van der Waals surface area contributed by atoms with E-state index in [-0.39, 0.29) is 12.1 Å². The molecule has 0 saturated heterocycles. The number of anilines is 1. The fourth-order valence-electron chi connectivity index (χ4n) is 1.55. The molecule has 1 aromatic carbocycles. The molecule has 0 aromatic heterocycles. The lowest BCUT2D eigenvalue weighted by Gasteiger charge is -2.13. The van der Waals surface area contributed by atoms with E-state index in [2.05, 4.69) is 10.6 Å². The highest BCUT2D eigenvalue weighted by atomic mass is 16.3. The maximum Gasteiger partial charge on any atom is 0.315 e. The normalized spacial score (nSPS) is 11.8. The maximum absolute atomic E-state index is 11.5. The molecular weight excluding hydrogens is 242 g/mol. The Hall–Kier alpha value is -1.75. The van der Waals surface area contributed by atoms with Crippen LogP contribution in [-0.4, -0.2) is 37.9 Å². The van der Waals surface area contributed by atoms with Gasteiger partial charge in [0, 0.05) is 32.9 Å². The first-order valence-corrected chi connectivity index (χ1v) is 6.45. The van der Waals surface area contributed by atoms with Crippen molar-refractivity contribution in [1.82, 2.24) is 10.6 Å². The van der Waals surface area contributed by atoms with Gasteiger partial charge in [-0.05, 0) is 31.0 Å². The molecule has 0 spiro atoms. The summed E-state index contributed by atoms with van der Waals surface area (Å²) in [6.07, 6.45) is 0.171. The van der Waals surface area contributed by atoms with E-state index >= 15 is 0 Å². The van der Waals surface area contributed by atoms with Gasteiger partial charge in [-0.2, -0.15) is 0 Å². The summed E-state index contributed by atoms with van der Waals surface area (Å²) in [4.78, 5) is 13.5. The fourth-order valence-corrected chi connectivity index (χ4v) is 1.55. The second kappa shape index (κ2) is 7.63. The zero-order chi connectivity index (χ0) is 14.3. The van der Waals surface area contributed by atoms with E-state index in [0.29, 0.717) is 19.5 Å². The van der Waals surface area contributed by atoms with Crippen LogP contribution in [0.2, 0.25) is 0 Å². The van der Waals surface area contributed by atoms with E-state index < -0.39 is 0 Å². The molecule has 5 nitrogen and oxygen atoms in total. The Morgan fingerprint density at radius 3 is 2.42 bits per heavy atom. The summed E-state index contributed by atoms with van der Waals surface area (Å²) >= 11 is 0. The lowest BCUT2D eigenvalue weighted by Crippen LogP contribution is -2.36. The zero-order valence-corrected chi connectivity index (χ0v) is 11.8. The second-order valence-electron chi connectivity index (χ2n) is 4.81. The third kappa shape index (κ3) is 6.10.